The number of hydrogen-bond donors (Lipinski definition) is 1. The van der Waals surface area contributed by atoms with E-state index in [2.05, 4.69) is 25.2 Å². The standard InChI is InChI=1S/C25H29NO2/c1-3-4-11-20-23(27)21-16-18(17-26-25(2)14-8-15-25)12-13-22(21)28-24(20)19-9-6-5-7-10-19/h5-7,9-10,12-13,16,26H,3-4,8,11,14-15,17H2,1-2H3. The first-order valence-corrected chi connectivity index (χ1v) is 10.5. The topological polar surface area (TPSA) is 42.2 Å². The quantitative estimate of drug-likeness (QED) is 0.564. The first-order valence-electron chi connectivity index (χ1n) is 10.5. The molecule has 3 aromatic rings. The largest absolute Gasteiger partial charge is 0.456 e. The molecule has 1 fully saturated rings. The maximum absolute atomic E-state index is 13.4. The predicted molar refractivity (Wildman–Crippen MR) is 116 cm³/mol. The van der Waals surface area contributed by atoms with Gasteiger partial charge in [-0.2, -0.15) is 0 Å². The molecule has 2 aromatic carbocycles. The van der Waals surface area contributed by atoms with Gasteiger partial charge in [0.15, 0.2) is 5.43 Å². The van der Waals surface area contributed by atoms with Gasteiger partial charge < -0.3 is 9.73 Å². The summed E-state index contributed by atoms with van der Waals surface area (Å²) in [6.45, 7) is 5.22. The zero-order valence-corrected chi connectivity index (χ0v) is 16.9. The SMILES string of the molecule is CCCCc1c(-c2ccccc2)oc2ccc(CNC3(C)CCC3)cc2c1=O. The Morgan fingerprint density at radius 1 is 1.11 bits per heavy atom. The van der Waals surface area contributed by atoms with Crippen LogP contribution in [0.15, 0.2) is 57.7 Å². The Hall–Kier alpha value is -2.39. The molecule has 0 aliphatic heterocycles. The third-order valence-corrected chi connectivity index (χ3v) is 6.04. The molecule has 1 N–H and O–H groups in total. The molecular weight excluding hydrogens is 346 g/mol. The van der Waals surface area contributed by atoms with Crippen LogP contribution in [-0.4, -0.2) is 5.54 Å². The Bertz CT molecular complexity index is 1020. The van der Waals surface area contributed by atoms with Crippen LogP contribution in [0.3, 0.4) is 0 Å². The number of nitrogens with one attached hydrogen (secondary N) is 1. The van der Waals surface area contributed by atoms with Crippen molar-refractivity contribution in [1.82, 2.24) is 5.32 Å². The van der Waals surface area contributed by atoms with Crippen molar-refractivity contribution < 1.29 is 4.42 Å². The second-order valence-corrected chi connectivity index (χ2v) is 8.31. The van der Waals surface area contributed by atoms with Crippen LogP contribution in [0.2, 0.25) is 0 Å². The van der Waals surface area contributed by atoms with Crippen molar-refractivity contribution in [2.24, 2.45) is 0 Å². The summed E-state index contributed by atoms with van der Waals surface area (Å²) in [6, 6.07) is 16.0. The monoisotopic (exact) mass is 375 g/mol. The number of rotatable bonds is 7. The Balaban J connectivity index is 1.74. The van der Waals surface area contributed by atoms with Gasteiger partial charge in [0.05, 0.1) is 5.39 Å². The van der Waals surface area contributed by atoms with Crippen LogP contribution >= 0.6 is 0 Å². The Morgan fingerprint density at radius 3 is 2.57 bits per heavy atom. The fourth-order valence-corrected chi connectivity index (χ4v) is 3.99. The Morgan fingerprint density at radius 2 is 1.89 bits per heavy atom. The van der Waals surface area contributed by atoms with Crippen LogP contribution in [0, 0.1) is 0 Å². The van der Waals surface area contributed by atoms with Crippen LogP contribution in [0.5, 0.6) is 0 Å². The molecule has 1 aliphatic carbocycles. The smallest absolute Gasteiger partial charge is 0.196 e. The molecule has 4 rings (SSSR count). The van der Waals surface area contributed by atoms with Crippen molar-refractivity contribution >= 4 is 11.0 Å². The molecular formula is C25H29NO2. The highest BCUT2D eigenvalue weighted by Crippen LogP contribution is 2.31. The van der Waals surface area contributed by atoms with E-state index in [9.17, 15) is 4.79 Å². The van der Waals surface area contributed by atoms with Crippen molar-refractivity contribution in [1.29, 1.82) is 0 Å². The molecule has 1 aromatic heterocycles. The zero-order chi connectivity index (χ0) is 19.6. The molecule has 0 atom stereocenters. The van der Waals surface area contributed by atoms with E-state index in [0.29, 0.717) is 11.0 Å². The van der Waals surface area contributed by atoms with Gasteiger partial charge in [0.25, 0.3) is 0 Å². The van der Waals surface area contributed by atoms with Gasteiger partial charge in [0.1, 0.15) is 11.3 Å². The van der Waals surface area contributed by atoms with E-state index in [0.717, 1.165) is 48.3 Å². The average Bonchev–Trinajstić information content (AvgIpc) is 2.71. The van der Waals surface area contributed by atoms with Crippen LogP contribution in [0.1, 0.15) is 57.1 Å². The molecule has 3 nitrogen and oxygen atoms in total. The first kappa shape index (κ1) is 18.9. The highest BCUT2D eigenvalue weighted by Gasteiger charge is 2.30. The lowest BCUT2D eigenvalue weighted by Crippen LogP contribution is -2.47. The van der Waals surface area contributed by atoms with E-state index in [4.69, 9.17) is 4.42 Å². The molecule has 0 saturated heterocycles. The van der Waals surface area contributed by atoms with Gasteiger partial charge in [-0.3, -0.25) is 4.79 Å². The lowest BCUT2D eigenvalue weighted by Gasteiger charge is -2.39. The molecule has 1 aliphatic rings. The number of hydrogen-bond acceptors (Lipinski definition) is 3. The molecule has 3 heteroatoms. The van der Waals surface area contributed by atoms with Gasteiger partial charge in [-0.25, -0.2) is 0 Å². The maximum Gasteiger partial charge on any atom is 0.196 e. The fourth-order valence-electron chi connectivity index (χ4n) is 3.99. The molecule has 1 saturated carbocycles. The summed E-state index contributed by atoms with van der Waals surface area (Å²) in [5.74, 6) is 0.722. The van der Waals surface area contributed by atoms with Crippen molar-refractivity contribution in [3.8, 4) is 11.3 Å². The van der Waals surface area contributed by atoms with E-state index in [1.165, 1.54) is 19.3 Å². The Kier molecular flexibility index (Phi) is 5.36. The molecule has 0 unspecified atom stereocenters. The van der Waals surface area contributed by atoms with Crippen LogP contribution in [-0.2, 0) is 13.0 Å². The van der Waals surface area contributed by atoms with E-state index < -0.39 is 0 Å². The number of benzene rings is 2. The van der Waals surface area contributed by atoms with Gasteiger partial charge >= 0.3 is 0 Å². The molecule has 1 heterocycles. The zero-order valence-electron chi connectivity index (χ0n) is 16.9. The summed E-state index contributed by atoms with van der Waals surface area (Å²) >= 11 is 0. The predicted octanol–water partition coefficient (Wildman–Crippen LogP) is 5.83. The minimum atomic E-state index is 0.116. The minimum absolute atomic E-state index is 0.116. The molecule has 0 spiro atoms. The van der Waals surface area contributed by atoms with Gasteiger partial charge in [0.2, 0.25) is 0 Å². The summed E-state index contributed by atoms with van der Waals surface area (Å²) in [4.78, 5) is 13.4. The van der Waals surface area contributed by atoms with Gasteiger partial charge in [-0.15, -0.1) is 0 Å². The molecule has 0 radical (unpaired) electrons. The highest BCUT2D eigenvalue weighted by atomic mass is 16.3. The van der Waals surface area contributed by atoms with E-state index in [1.807, 2.05) is 42.5 Å². The molecule has 146 valence electrons. The second kappa shape index (κ2) is 7.92. The molecule has 0 bridgehead atoms. The van der Waals surface area contributed by atoms with Crippen molar-refractivity contribution in [3.63, 3.8) is 0 Å². The Labute approximate surface area is 166 Å². The summed E-state index contributed by atoms with van der Waals surface area (Å²) in [5.41, 5.74) is 3.95. The normalized spacial score (nSPS) is 15.5. The summed E-state index contributed by atoms with van der Waals surface area (Å²) in [5, 5.41) is 4.35. The molecule has 0 amide bonds. The average molecular weight is 376 g/mol. The number of fused-ring (bicyclic) bond motifs is 1. The van der Waals surface area contributed by atoms with Crippen molar-refractivity contribution in [2.75, 3.05) is 0 Å². The fraction of sp³-hybridized carbons (Fsp3) is 0.400. The second-order valence-electron chi connectivity index (χ2n) is 8.31. The summed E-state index contributed by atoms with van der Waals surface area (Å²) < 4.78 is 6.27. The molecule has 28 heavy (non-hydrogen) atoms. The lowest BCUT2D eigenvalue weighted by molar-refractivity contribution is 0.207. The van der Waals surface area contributed by atoms with Crippen LogP contribution < -0.4 is 10.7 Å². The summed E-state index contributed by atoms with van der Waals surface area (Å²) in [7, 11) is 0. The van der Waals surface area contributed by atoms with Gasteiger partial charge in [0, 0.05) is 23.2 Å². The first-order chi connectivity index (χ1) is 13.6. The minimum Gasteiger partial charge on any atom is -0.456 e. The third-order valence-electron chi connectivity index (χ3n) is 6.04. The van der Waals surface area contributed by atoms with Crippen molar-refractivity contribution in [3.05, 3.63) is 69.9 Å². The van der Waals surface area contributed by atoms with Crippen LogP contribution in [0.4, 0.5) is 0 Å². The number of unbranched alkanes of at least 4 members (excludes halogenated alkanes) is 1. The van der Waals surface area contributed by atoms with Gasteiger partial charge in [-0.05, 0) is 56.7 Å². The maximum atomic E-state index is 13.4. The van der Waals surface area contributed by atoms with Gasteiger partial charge in [-0.1, -0.05) is 49.7 Å². The highest BCUT2D eigenvalue weighted by molar-refractivity contribution is 5.81. The van der Waals surface area contributed by atoms with Crippen molar-refractivity contribution in [2.45, 2.75) is 64.5 Å². The van der Waals surface area contributed by atoms with E-state index in [1.54, 1.807) is 0 Å². The van der Waals surface area contributed by atoms with E-state index in [-0.39, 0.29) is 11.0 Å². The lowest BCUT2D eigenvalue weighted by atomic mass is 9.78. The van der Waals surface area contributed by atoms with E-state index >= 15 is 0 Å². The van der Waals surface area contributed by atoms with Crippen LogP contribution in [0.25, 0.3) is 22.3 Å². The summed E-state index contributed by atoms with van der Waals surface area (Å²) in [6.07, 6.45) is 6.53. The third kappa shape index (κ3) is 3.77.